The van der Waals surface area contributed by atoms with Gasteiger partial charge < -0.3 is 5.32 Å². The van der Waals surface area contributed by atoms with Crippen LogP contribution in [0.15, 0.2) is 53.4 Å². The number of nitrogens with one attached hydrogen (secondary N) is 2. The third-order valence-electron chi connectivity index (χ3n) is 3.57. The molecule has 2 aromatic carbocycles. The van der Waals surface area contributed by atoms with Crippen LogP contribution in [-0.2, 0) is 14.8 Å². The van der Waals surface area contributed by atoms with E-state index in [1.807, 2.05) is 13.0 Å². The molecule has 0 fully saturated rings. The highest BCUT2D eigenvalue weighted by molar-refractivity contribution is 7.92. The molecule has 25 heavy (non-hydrogen) atoms. The molecule has 0 unspecified atom stereocenters. The highest BCUT2D eigenvalue weighted by atomic mass is 32.2. The number of hydrogen-bond donors (Lipinski definition) is 2. The van der Waals surface area contributed by atoms with E-state index in [0.717, 1.165) is 5.56 Å². The first-order valence-corrected chi connectivity index (χ1v) is 9.05. The lowest BCUT2D eigenvalue weighted by Gasteiger charge is -2.15. The van der Waals surface area contributed by atoms with Crippen molar-refractivity contribution in [3.63, 3.8) is 0 Å². The second-order valence-electron chi connectivity index (χ2n) is 6.19. The molecule has 0 spiro atoms. The van der Waals surface area contributed by atoms with Crippen LogP contribution >= 0.6 is 0 Å². The maximum absolute atomic E-state index is 12.3. The number of benzene rings is 2. The van der Waals surface area contributed by atoms with E-state index in [2.05, 4.69) is 10.0 Å². The molecule has 0 aliphatic carbocycles. The van der Waals surface area contributed by atoms with Gasteiger partial charge in [-0.05, 0) is 57.2 Å². The van der Waals surface area contributed by atoms with Crippen LogP contribution in [0.3, 0.4) is 0 Å². The number of rotatable bonds is 5. The molecule has 0 aliphatic heterocycles. The summed E-state index contributed by atoms with van der Waals surface area (Å²) in [6.07, 6.45) is 0. The van der Waals surface area contributed by atoms with Gasteiger partial charge in [-0.1, -0.05) is 17.7 Å². The van der Waals surface area contributed by atoms with Crippen molar-refractivity contribution in [1.29, 1.82) is 5.26 Å². The molecule has 130 valence electrons. The van der Waals surface area contributed by atoms with Crippen molar-refractivity contribution < 1.29 is 13.2 Å². The highest BCUT2D eigenvalue weighted by Crippen LogP contribution is 2.21. The van der Waals surface area contributed by atoms with E-state index in [0.29, 0.717) is 11.4 Å². The molecule has 0 bridgehead atoms. The number of hydrogen-bond acceptors (Lipinski definition) is 4. The smallest absolute Gasteiger partial charge is 0.261 e. The fourth-order valence-corrected chi connectivity index (χ4v) is 2.95. The van der Waals surface area contributed by atoms with Crippen LogP contribution in [0.5, 0.6) is 0 Å². The van der Waals surface area contributed by atoms with Gasteiger partial charge in [0.15, 0.2) is 0 Å². The second kappa shape index (κ2) is 6.95. The monoisotopic (exact) mass is 357 g/mol. The lowest BCUT2D eigenvalue weighted by molar-refractivity contribution is -0.121. The fraction of sp³-hybridized carbons (Fsp3) is 0.222. The minimum atomic E-state index is -3.67. The van der Waals surface area contributed by atoms with Crippen LogP contribution in [0.25, 0.3) is 0 Å². The third kappa shape index (κ3) is 4.58. The Balaban J connectivity index is 2.11. The predicted molar refractivity (Wildman–Crippen MR) is 96.5 cm³/mol. The van der Waals surface area contributed by atoms with Gasteiger partial charge in [-0.2, -0.15) is 5.26 Å². The van der Waals surface area contributed by atoms with E-state index < -0.39 is 21.3 Å². The number of carbonyl (C=O) groups is 1. The van der Waals surface area contributed by atoms with Gasteiger partial charge in [0.25, 0.3) is 10.0 Å². The lowest BCUT2D eigenvalue weighted by atomic mass is 9.94. The third-order valence-corrected chi connectivity index (χ3v) is 4.97. The number of anilines is 2. The van der Waals surface area contributed by atoms with Gasteiger partial charge in [-0.25, -0.2) is 8.42 Å². The Morgan fingerprint density at radius 3 is 2.04 bits per heavy atom. The summed E-state index contributed by atoms with van der Waals surface area (Å²) in [5.74, 6) is -0.428. The largest absolute Gasteiger partial charge is 0.325 e. The molecule has 0 heterocycles. The summed E-state index contributed by atoms with van der Waals surface area (Å²) in [6.45, 7) is 4.92. The van der Waals surface area contributed by atoms with Crippen LogP contribution in [0.2, 0.25) is 0 Å². The standard InChI is InChI=1S/C18H19N3O3S/c1-13-4-10-16(11-5-13)25(23,24)21-15-8-6-14(7-9-15)20-17(22)18(2,3)12-19/h4-11,21H,1-3H3,(H,20,22). The Labute approximate surface area is 147 Å². The molecule has 0 radical (unpaired) electrons. The van der Waals surface area contributed by atoms with Gasteiger partial charge in [0.1, 0.15) is 5.41 Å². The van der Waals surface area contributed by atoms with Crippen molar-refractivity contribution >= 4 is 27.3 Å². The lowest BCUT2D eigenvalue weighted by Crippen LogP contribution is -2.29. The van der Waals surface area contributed by atoms with Crippen molar-refractivity contribution in [3.8, 4) is 6.07 Å². The summed E-state index contributed by atoms with van der Waals surface area (Å²) in [5, 5.41) is 11.6. The van der Waals surface area contributed by atoms with Crippen LogP contribution in [0.4, 0.5) is 11.4 Å². The summed E-state index contributed by atoms with van der Waals surface area (Å²) in [4.78, 5) is 12.1. The van der Waals surface area contributed by atoms with E-state index in [1.54, 1.807) is 36.4 Å². The SMILES string of the molecule is Cc1ccc(S(=O)(=O)Nc2ccc(NC(=O)C(C)(C)C#N)cc2)cc1. The molecule has 0 aliphatic rings. The number of carbonyl (C=O) groups excluding carboxylic acids is 1. The molecule has 2 aromatic rings. The van der Waals surface area contributed by atoms with Gasteiger partial charge in [0.05, 0.1) is 11.0 Å². The molecular weight excluding hydrogens is 338 g/mol. The van der Waals surface area contributed by atoms with E-state index >= 15 is 0 Å². The molecule has 0 atom stereocenters. The first kappa shape index (κ1) is 18.5. The topological polar surface area (TPSA) is 99.1 Å². The molecule has 2 N–H and O–H groups in total. The second-order valence-corrected chi connectivity index (χ2v) is 7.87. The van der Waals surface area contributed by atoms with Crippen molar-refractivity contribution in [1.82, 2.24) is 0 Å². The fourth-order valence-electron chi connectivity index (χ4n) is 1.89. The number of nitriles is 1. The summed E-state index contributed by atoms with van der Waals surface area (Å²) >= 11 is 0. The van der Waals surface area contributed by atoms with Gasteiger partial charge >= 0.3 is 0 Å². The summed E-state index contributed by atoms with van der Waals surface area (Å²) < 4.78 is 27.1. The Morgan fingerprint density at radius 2 is 1.52 bits per heavy atom. The number of amides is 1. The normalized spacial score (nSPS) is 11.4. The zero-order chi connectivity index (χ0) is 18.7. The van der Waals surface area contributed by atoms with E-state index in [1.165, 1.54) is 26.0 Å². The van der Waals surface area contributed by atoms with Crippen LogP contribution in [0, 0.1) is 23.7 Å². The molecular formula is C18H19N3O3S. The van der Waals surface area contributed by atoms with E-state index in [-0.39, 0.29) is 4.90 Å². The summed E-state index contributed by atoms with van der Waals surface area (Å²) in [6, 6.07) is 14.7. The van der Waals surface area contributed by atoms with E-state index in [4.69, 9.17) is 5.26 Å². The van der Waals surface area contributed by atoms with Crippen LogP contribution in [0.1, 0.15) is 19.4 Å². The minimum Gasteiger partial charge on any atom is -0.325 e. The zero-order valence-electron chi connectivity index (χ0n) is 14.2. The van der Waals surface area contributed by atoms with Crippen LogP contribution in [-0.4, -0.2) is 14.3 Å². The average Bonchev–Trinajstić information content (AvgIpc) is 2.56. The maximum Gasteiger partial charge on any atom is 0.261 e. The van der Waals surface area contributed by atoms with Gasteiger partial charge in [0, 0.05) is 11.4 Å². The Bertz CT molecular complexity index is 910. The molecule has 6 nitrogen and oxygen atoms in total. The molecule has 0 saturated carbocycles. The van der Waals surface area contributed by atoms with Crippen molar-refractivity contribution in [2.45, 2.75) is 25.7 Å². The molecule has 0 saturated heterocycles. The highest BCUT2D eigenvalue weighted by Gasteiger charge is 2.27. The van der Waals surface area contributed by atoms with Crippen molar-refractivity contribution in [2.24, 2.45) is 5.41 Å². The average molecular weight is 357 g/mol. The number of aryl methyl sites for hydroxylation is 1. The summed E-state index contributed by atoms with van der Waals surface area (Å²) in [7, 11) is -3.67. The maximum atomic E-state index is 12.3. The molecule has 0 aromatic heterocycles. The van der Waals surface area contributed by atoms with Gasteiger partial charge in [-0.3, -0.25) is 9.52 Å². The van der Waals surface area contributed by atoms with E-state index in [9.17, 15) is 13.2 Å². The minimum absolute atomic E-state index is 0.172. The summed E-state index contributed by atoms with van der Waals surface area (Å²) in [5.41, 5.74) is 0.676. The molecule has 2 rings (SSSR count). The molecule has 1 amide bonds. The number of sulfonamides is 1. The number of nitrogens with zero attached hydrogens (tertiary/aromatic N) is 1. The van der Waals surface area contributed by atoms with Crippen molar-refractivity contribution in [3.05, 3.63) is 54.1 Å². The predicted octanol–water partition coefficient (Wildman–Crippen LogP) is 3.28. The zero-order valence-corrected chi connectivity index (χ0v) is 15.0. The Morgan fingerprint density at radius 1 is 1.00 bits per heavy atom. The first-order valence-electron chi connectivity index (χ1n) is 7.56. The Hall–Kier alpha value is -2.85. The molecule has 7 heteroatoms. The van der Waals surface area contributed by atoms with Gasteiger partial charge in [0.2, 0.25) is 5.91 Å². The van der Waals surface area contributed by atoms with Crippen LogP contribution < -0.4 is 10.0 Å². The Kier molecular flexibility index (Phi) is 5.14. The first-order chi connectivity index (χ1) is 11.6. The quantitative estimate of drug-likeness (QED) is 0.858. The van der Waals surface area contributed by atoms with Crippen molar-refractivity contribution in [2.75, 3.05) is 10.0 Å². The van der Waals surface area contributed by atoms with Gasteiger partial charge in [-0.15, -0.1) is 0 Å².